The monoisotopic (exact) mass is 310 g/mol. The first-order valence-electron chi connectivity index (χ1n) is 7.62. The van der Waals surface area contributed by atoms with Crippen molar-refractivity contribution in [1.82, 2.24) is 19.5 Å². The van der Waals surface area contributed by atoms with Crippen LogP contribution in [0.2, 0.25) is 0 Å². The number of hydrogen-bond donors (Lipinski definition) is 0. The number of rotatable bonds is 2. The minimum Gasteiger partial charge on any atom is -0.338 e. The summed E-state index contributed by atoms with van der Waals surface area (Å²) < 4.78 is 15.6. The summed E-state index contributed by atoms with van der Waals surface area (Å²) in [5, 5.41) is 4.27. The Balaban J connectivity index is 1.84. The topological polar surface area (TPSA) is 50.5 Å². The van der Waals surface area contributed by atoms with Gasteiger partial charge in [-0.1, -0.05) is 12.1 Å². The largest absolute Gasteiger partial charge is 0.338 e. The highest BCUT2D eigenvalue weighted by Crippen LogP contribution is 2.24. The van der Waals surface area contributed by atoms with Gasteiger partial charge in [-0.2, -0.15) is 5.10 Å². The van der Waals surface area contributed by atoms with Crippen molar-refractivity contribution < 1.29 is 9.18 Å². The second kappa shape index (κ2) is 5.46. The molecule has 1 aromatic carbocycles. The predicted molar refractivity (Wildman–Crippen MR) is 83.5 cm³/mol. The zero-order valence-electron chi connectivity index (χ0n) is 12.4. The van der Waals surface area contributed by atoms with Crippen molar-refractivity contribution in [3.63, 3.8) is 0 Å². The quantitative estimate of drug-likeness (QED) is 0.731. The molecule has 1 aliphatic rings. The molecule has 0 atom stereocenters. The maximum atomic E-state index is 14.1. The maximum Gasteiger partial charge on any atom is 0.259 e. The first-order chi connectivity index (χ1) is 11.3. The summed E-state index contributed by atoms with van der Waals surface area (Å²) in [7, 11) is 0. The average Bonchev–Trinajstić information content (AvgIpc) is 3.24. The Kier molecular flexibility index (Phi) is 3.29. The van der Waals surface area contributed by atoms with Crippen LogP contribution < -0.4 is 0 Å². The van der Waals surface area contributed by atoms with Gasteiger partial charge in [0.15, 0.2) is 5.65 Å². The lowest BCUT2D eigenvalue weighted by Gasteiger charge is -2.13. The molecule has 1 aliphatic heterocycles. The number of fused-ring (bicyclic) bond motifs is 1. The Morgan fingerprint density at radius 2 is 1.91 bits per heavy atom. The number of benzene rings is 1. The van der Waals surface area contributed by atoms with E-state index in [1.807, 2.05) is 4.90 Å². The molecule has 2 aromatic heterocycles. The number of aromatic nitrogens is 3. The van der Waals surface area contributed by atoms with Crippen molar-refractivity contribution in [3.8, 4) is 11.3 Å². The van der Waals surface area contributed by atoms with Gasteiger partial charge >= 0.3 is 0 Å². The molecule has 0 aliphatic carbocycles. The molecule has 0 spiro atoms. The smallest absolute Gasteiger partial charge is 0.259 e. The summed E-state index contributed by atoms with van der Waals surface area (Å²) in [6.07, 6.45) is 5.16. The van der Waals surface area contributed by atoms with Gasteiger partial charge in [-0.3, -0.25) is 4.79 Å². The third kappa shape index (κ3) is 2.27. The van der Waals surface area contributed by atoms with Gasteiger partial charge in [-0.05, 0) is 31.0 Å². The van der Waals surface area contributed by atoms with E-state index in [9.17, 15) is 9.18 Å². The van der Waals surface area contributed by atoms with Gasteiger partial charge in [0.2, 0.25) is 0 Å². The van der Waals surface area contributed by atoms with Crippen molar-refractivity contribution in [3.05, 3.63) is 54.1 Å². The molecule has 0 radical (unpaired) electrons. The Morgan fingerprint density at radius 3 is 2.70 bits per heavy atom. The van der Waals surface area contributed by atoms with E-state index >= 15 is 0 Å². The minimum atomic E-state index is -0.331. The molecule has 4 rings (SSSR count). The van der Waals surface area contributed by atoms with Crippen LogP contribution in [-0.2, 0) is 0 Å². The van der Waals surface area contributed by atoms with Crippen LogP contribution >= 0.6 is 0 Å². The molecule has 23 heavy (non-hydrogen) atoms. The molecule has 6 heteroatoms. The lowest BCUT2D eigenvalue weighted by atomic mass is 10.1. The van der Waals surface area contributed by atoms with Gasteiger partial charge in [-0.15, -0.1) is 0 Å². The highest BCUT2D eigenvalue weighted by Gasteiger charge is 2.24. The van der Waals surface area contributed by atoms with E-state index in [0.29, 0.717) is 22.5 Å². The van der Waals surface area contributed by atoms with E-state index < -0.39 is 0 Å². The summed E-state index contributed by atoms with van der Waals surface area (Å²) in [5.41, 5.74) is 1.93. The zero-order valence-corrected chi connectivity index (χ0v) is 12.4. The number of carbonyl (C=O) groups excluding carboxylic acids is 1. The Morgan fingerprint density at radius 1 is 1.13 bits per heavy atom. The second-order valence-corrected chi connectivity index (χ2v) is 5.60. The van der Waals surface area contributed by atoms with Gasteiger partial charge in [0.25, 0.3) is 5.91 Å². The van der Waals surface area contributed by atoms with Crippen molar-refractivity contribution in [2.45, 2.75) is 12.8 Å². The van der Waals surface area contributed by atoms with Crippen LogP contribution in [0.1, 0.15) is 23.2 Å². The third-order valence-electron chi connectivity index (χ3n) is 4.17. The second-order valence-electron chi connectivity index (χ2n) is 5.60. The molecule has 3 heterocycles. The average molecular weight is 310 g/mol. The summed E-state index contributed by atoms with van der Waals surface area (Å²) in [4.78, 5) is 18.7. The minimum absolute atomic E-state index is 0.0596. The summed E-state index contributed by atoms with van der Waals surface area (Å²) >= 11 is 0. The van der Waals surface area contributed by atoms with E-state index in [1.165, 1.54) is 16.8 Å². The number of amides is 1. The molecular weight excluding hydrogens is 295 g/mol. The van der Waals surface area contributed by atoms with Crippen LogP contribution in [0.5, 0.6) is 0 Å². The lowest BCUT2D eigenvalue weighted by Crippen LogP contribution is -2.27. The van der Waals surface area contributed by atoms with E-state index in [2.05, 4.69) is 10.1 Å². The van der Waals surface area contributed by atoms with Crippen LogP contribution in [0.25, 0.3) is 16.9 Å². The van der Waals surface area contributed by atoms with E-state index in [0.717, 1.165) is 25.9 Å². The summed E-state index contributed by atoms with van der Waals surface area (Å²) in [5.74, 6) is -0.390. The van der Waals surface area contributed by atoms with Crippen LogP contribution in [0.3, 0.4) is 0 Å². The van der Waals surface area contributed by atoms with E-state index in [4.69, 9.17) is 0 Å². The normalized spacial score (nSPS) is 14.6. The van der Waals surface area contributed by atoms with Crippen molar-refractivity contribution in [2.75, 3.05) is 13.1 Å². The van der Waals surface area contributed by atoms with Gasteiger partial charge in [0, 0.05) is 24.8 Å². The molecule has 5 nitrogen and oxygen atoms in total. The highest BCUT2D eigenvalue weighted by molar-refractivity contribution is 6.00. The number of carbonyl (C=O) groups is 1. The molecule has 1 amide bonds. The van der Waals surface area contributed by atoms with Gasteiger partial charge in [-0.25, -0.2) is 13.9 Å². The van der Waals surface area contributed by atoms with Gasteiger partial charge < -0.3 is 4.90 Å². The van der Waals surface area contributed by atoms with Crippen molar-refractivity contribution >= 4 is 11.6 Å². The van der Waals surface area contributed by atoms with Crippen LogP contribution in [0.4, 0.5) is 4.39 Å². The van der Waals surface area contributed by atoms with Crippen molar-refractivity contribution in [2.24, 2.45) is 0 Å². The Hall–Kier alpha value is -2.76. The van der Waals surface area contributed by atoms with Crippen molar-refractivity contribution in [1.29, 1.82) is 0 Å². The number of likely N-dealkylation sites (tertiary alicyclic amines) is 1. The molecule has 1 saturated heterocycles. The fourth-order valence-electron chi connectivity index (χ4n) is 3.01. The molecule has 0 N–H and O–H groups in total. The maximum absolute atomic E-state index is 14.1. The molecule has 0 bridgehead atoms. The fraction of sp³-hybridized carbons (Fsp3) is 0.235. The van der Waals surface area contributed by atoms with Crippen LogP contribution in [0, 0.1) is 5.82 Å². The number of hydrogen-bond acceptors (Lipinski definition) is 3. The standard InChI is InChI=1S/C17H15FN4O/c18-14-6-2-1-5-12(14)15-7-8-19-16-13(11-20-22(15)16)17(23)21-9-3-4-10-21/h1-2,5-8,11H,3-4,9-10H2. The molecular formula is C17H15FN4O. The van der Waals surface area contributed by atoms with Gasteiger partial charge in [0.1, 0.15) is 11.4 Å². The fourth-order valence-corrected chi connectivity index (χ4v) is 3.01. The van der Waals surface area contributed by atoms with Crippen LogP contribution in [0.15, 0.2) is 42.7 Å². The first kappa shape index (κ1) is 13.9. The Labute approximate surface area is 132 Å². The van der Waals surface area contributed by atoms with E-state index in [1.54, 1.807) is 30.5 Å². The van der Waals surface area contributed by atoms with Gasteiger partial charge in [0.05, 0.1) is 11.9 Å². The summed E-state index contributed by atoms with van der Waals surface area (Å²) in [6.45, 7) is 1.53. The Bertz CT molecular complexity index is 883. The number of halogens is 1. The lowest BCUT2D eigenvalue weighted by molar-refractivity contribution is 0.0794. The molecule has 1 fully saturated rings. The molecule has 3 aromatic rings. The zero-order chi connectivity index (χ0) is 15.8. The predicted octanol–water partition coefficient (Wildman–Crippen LogP) is 2.77. The summed E-state index contributed by atoms with van der Waals surface area (Å²) in [6, 6.07) is 8.20. The molecule has 0 unspecified atom stereocenters. The number of nitrogens with zero attached hydrogens (tertiary/aromatic N) is 4. The highest BCUT2D eigenvalue weighted by atomic mass is 19.1. The van der Waals surface area contributed by atoms with E-state index in [-0.39, 0.29) is 11.7 Å². The molecule has 0 saturated carbocycles. The molecule has 116 valence electrons. The first-order valence-corrected chi connectivity index (χ1v) is 7.62. The SMILES string of the molecule is O=C(c1cnn2c(-c3ccccc3F)ccnc12)N1CCCC1. The third-order valence-corrected chi connectivity index (χ3v) is 4.17. The van der Waals surface area contributed by atoms with Crippen LogP contribution in [-0.4, -0.2) is 38.5 Å².